The minimum Gasteiger partial charge on any atom is -0.444 e. The third-order valence-corrected chi connectivity index (χ3v) is 4.93. The van der Waals surface area contributed by atoms with Crippen molar-refractivity contribution in [1.82, 2.24) is 4.98 Å². The number of anilines is 1. The Morgan fingerprint density at radius 2 is 2.00 bits per heavy atom. The Morgan fingerprint density at radius 1 is 1.29 bits per heavy atom. The van der Waals surface area contributed by atoms with E-state index in [0.29, 0.717) is 11.6 Å². The molecule has 0 aliphatic carbocycles. The molecule has 1 saturated heterocycles. The van der Waals surface area contributed by atoms with Crippen molar-refractivity contribution >= 4 is 34.4 Å². The van der Waals surface area contributed by atoms with Crippen LogP contribution < -0.4 is 10.1 Å². The summed E-state index contributed by atoms with van der Waals surface area (Å²) in [4.78, 5) is 38.8. The van der Waals surface area contributed by atoms with E-state index >= 15 is 0 Å². The van der Waals surface area contributed by atoms with E-state index in [9.17, 15) is 19.7 Å². The Kier molecular flexibility index (Phi) is 6.71. The van der Waals surface area contributed by atoms with Gasteiger partial charge in [-0.2, -0.15) is 0 Å². The lowest BCUT2D eigenvalue weighted by Gasteiger charge is -2.18. The van der Waals surface area contributed by atoms with Crippen LogP contribution in [0.3, 0.4) is 0 Å². The number of benzene rings is 1. The van der Waals surface area contributed by atoms with Crippen LogP contribution >= 0.6 is 11.3 Å². The third-order valence-electron chi connectivity index (χ3n) is 3.92. The van der Waals surface area contributed by atoms with Crippen LogP contribution in [0.1, 0.15) is 38.2 Å². The Bertz CT molecular complexity index is 954. The highest BCUT2D eigenvalue weighted by Crippen LogP contribution is 2.35. The van der Waals surface area contributed by atoms with E-state index in [4.69, 9.17) is 18.9 Å². The summed E-state index contributed by atoms with van der Waals surface area (Å²) in [6, 6.07) is 5.07. The van der Waals surface area contributed by atoms with E-state index in [1.807, 2.05) is 0 Å². The Labute approximate surface area is 181 Å². The number of nitrogens with zero attached hydrogens (tertiary/aromatic N) is 2. The third kappa shape index (κ3) is 6.62. The maximum Gasteiger partial charge on any atom is 0.514 e. The molecule has 1 aromatic heterocycles. The lowest BCUT2D eigenvalue weighted by Crippen LogP contribution is -2.27. The van der Waals surface area contributed by atoms with Gasteiger partial charge in [-0.15, -0.1) is 0 Å². The average Bonchev–Trinajstić information content (AvgIpc) is 3.30. The number of hydrogen-bond acceptors (Lipinski definition) is 10. The van der Waals surface area contributed by atoms with Crippen molar-refractivity contribution in [3.63, 3.8) is 0 Å². The highest BCUT2D eigenvalue weighted by Gasteiger charge is 2.32. The van der Waals surface area contributed by atoms with Gasteiger partial charge < -0.3 is 18.9 Å². The van der Waals surface area contributed by atoms with Crippen LogP contribution in [0, 0.1) is 10.1 Å². The van der Waals surface area contributed by atoms with Gasteiger partial charge >= 0.3 is 12.2 Å². The molecule has 0 radical (unpaired) electrons. The van der Waals surface area contributed by atoms with Crippen LogP contribution in [0.2, 0.25) is 0 Å². The van der Waals surface area contributed by atoms with Crippen molar-refractivity contribution in [3.05, 3.63) is 45.5 Å². The molecule has 2 heterocycles. The number of nitro benzene ring substituents is 1. The van der Waals surface area contributed by atoms with Crippen molar-refractivity contribution in [1.29, 1.82) is 0 Å². The van der Waals surface area contributed by atoms with E-state index in [2.05, 4.69) is 10.3 Å². The molecule has 166 valence electrons. The van der Waals surface area contributed by atoms with E-state index < -0.39 is 28.9 Å². The first-order valence-electron chi connectivity index (χ1n) is 9.29. The number of carbonyl (C=O) groups is 2. The number of hydrogen-bond donors (Lipinski definition) is 1. The summed E-state index contributed by atoms with van der Waals surface area (Å²) in [6.45, 7) is 5.46. The van der Waals surface area contributed by atoms with Crippen molar-refractivity contribution in [2.75, 3.05) is 11.9 Å². The maximum absolute atomic E-state index is 12.0. The molecule has 1 fully saturated rings. The molecule has 31 heavy (non-hydrogen) atoms. The Morgan fingerprint density at radius 3 is 2.65 bits per heavy atom. The first-order chi connectivity index (χ1) is 14.6. The standard InChI is InChI=1S/C19H21N3O8S/c1-19(2,3)30-17(23)21-16-20-9-15(31-16)14-8-13(10-27-14)29-18(24)28-12-6-4-11(5-7-12)22(25)26/h4-7,9,13-14H,8,10H2,1-3H3,(H,20,21,23)/t13-,14-/m0/s1. The van der Waals surface area contributed by atoms with Gasteiger partial charge in [-0.25, -0.2) is 14.6 Å². The van der Waals surface area contributed by atoms with Gasteiger partial charge in [0.25, 0.3) is 5.69 Å². The zero-order valence-corrected chi connectivity index (χ0v) is 17.8. The van der Waals surface area contributed by atoms with E-state index in [-0.39, 0.29) is 24.1 Å². The Balaban J connectivity index is 1.48. The number of amides is 1. The van der Waals surface area contributed by atoms with Gasteiger partial charge in [0, 0.05) is 24.8 Å². The number of aromatic nitrogens is 1. The van der Waals surface area contributed by atoms with Gasteiger partial charge in [0.2, 0.25) is 0 Å². The van der Waals surface area contributed by atoms with Crippen molar-refractivity contribution in [2.45, 2.75) is 45.0 Å². The number of nitro groups is 1. The molecule has 3 rings (SSSR count). The van der Waals surface area contributed by atoms with Crippen LogP contribution in [-0.2, 0) is 14.2 Å². The van der Waals surface area contributed by atoms with Gasteiger partial charge in [0.05, 0.1) is 22.5 Å². The zero-order chi connectivity index (χ0) is 22.6. The van der Waals surface area contributed by atoms with Gasteiger partial charge in [0.1, 0.15) is 17.5 Å². The van der Waals surface area contributed by atoms with Gasteiger partial charge in [-0.1, -0.05) is 11.3 Å². The molecule has 0 unspecified atom stereocenters. The zero-order valence-electron chi connectivity index (χ0n) is 17.0. The topological polar surface area (TPSA) is 139 Å². The SMILES string of the molecule is CC(C)(C)OC(=O)Nc1ncc([C@@H]2C[C@H](OC(=O)Oc3ccc([N+](=O)[O-])cc3)CO2)s1. The van der Waals surface area contributed by atoms with E-state index in [0.717, 1.165) is 4.88 Å². The Hall–Kier alpha value is -3.25. The first kappa shape index (κ1) is 22.4. The van der Waals surface area contributed by atoms with Gasteiger partial charge in [0.15, 0.2) is 5.13 Å². The number of ether oxygens (including phenoxy) is 4. The second-order valence-electron chi connectivity index (χ2n) is 7.60. The number of non-ortho nitro benzene ring substituents is 1. The molecule has 0 bridgehead atoms. The maximum atomic E-state index is 12.0. The number of carbonyl (C=O) groups excluding carboxylic acids is 2. The molecule has 12 heteroatoms. The van der Waals surface area contributed by atoms with Crippen LogP contribution in [0.5, 0.6) is 5.75 Å². The molecular formula is C19H21N3O8S. The molecule has 0 spiro atoms. The molecule has 1 N–H and O–H groups in total. The van der Waals surface area contributed by atoms with Gasteiger partial charge in [-0.05, 0) is 32.9 Å². The smallest absolute Gasteiger partial charge is 0.444 e. The summed E-state index contributed by atoms with van der Waals surface area (Å²) in [7, 11) is 0. The number of nitrogens with one attached hydrogen (secondary N) is 1. The minimum atomic E-state index is -0.931. The van der Waals surface area contributed by atoms with Crippen LogP contribution in [0.25, 0.3) is 0 Å². The number of rotatable bonds is 5. The van der Waals surface area contributed by atoms with E-state index in [1.165, 1.54) is 35.6 Å². The summed E-state index contributed by atoms with van der Waals surface area (Å²) in [5.74, 6) is 0.131. The lowest BCUT2D eigenvalue weighted by atomic mass is 10.2. The van der Waals surface area contributed by atoms with Crippen LogP contribution in [0.15, 0.2) is 30.5 Å². The predicted octanol–water partition coefficient (Wildman–Crippen LogP) is 4.44. The average molecular weight is 451 g/mol. The van der Waals surface area contributed by atoms with Crippen molar-refractivity contribution in [2.24, 2.45) is 0 Å². The highest BCUT2D eigenvalue weighted by molar-refractivity contribution is 7.15. The predicted molar refractivity (Wildman–Crippen MR) is 109 cm³/mol. The summed E-state index contributed by atoms with van der Waals surface area (Å²) in [5.41, 5.74) is -0.732. The first-order valence-corrected chi connectivity index (χ1v) is 10.1. The van der Waals surface area contributed by atoms with Gasteiger partial charge in [-0.3, -0.25) is 15.4 Å². The van der Waals surface area contributed by atoms with Crippen LogP contribution in [-0.4, -0.2) is 40.5 Å². The molecule has 1 aliphatic rings. The number of thiazole rings is 1. The second kappa shape index (κ2) is 9.27. The molecule has 11 nitrogen and oxygen atoms in total. The summed E-state index contributed by atoms with van der Waals surface area (Å²) >= 11 is 1.24. The normalized spacial score (nSPS) is 18.3. The molecular weight excluding hydrogens is 430 g/mol. The van der Waals surface area contributed by atoms with E-state index in [1.54, 1.807) is 27.0 Å². The van der Waals surface area contributed by atoms with Crippen molar-refractivity contribution in [3.8, 4) is 5.75 Å². The fourth-order valence-corrected chi connectivity index (χ4v) is 3.52. The summed E-state index contributed by atoms with van der Waals surface area (Å²) in [6.07, 6.45) is -0.428. The molecule has 2 atom stereocenters. The minimum absolute atomic E-state index is 0.113. The summed E-state index contributed by atoms with van der Waals surface area (Å²) in [5, 5.41) is 13.6. The lowest BCUT2D eigenvalue weighted by molar-refractivity contribution is -0.384. The highest BCUT2D eigenvalue weighted by atomic mass is 32.1. The van der Waals surface area contributed by atoms with Crippen LogP contribution in [0.4, 0.5) is 20.4 Å². The quantitative estimate of drug-likeness (QED) is 0.302. The molecule has 0 saturated carbocycles. The monoisotopic (exact) mass is 451 g/mol. The van der Waals surface area contributed by atoms with Crippen molar-refractivity contribution < 1.29 is 33.5 Å². The largest absolute Gasteiger partial charge is 0.514 e. The fraction of sp³-hybridized carbons (Fsp3) is 0.421. The fourth-order valence-electron chi connectivity index (χ4n) is 2.66. The summed E-state index contributed by atoms with van der Waals surface area (Å²) < 4.78 is 21.1. The molecule has 1 aromatic carbocycles. The molecule has 1 amide bonds. The molecule has 1 aliphatic heterocycles. The second-order valence-corrected chi connectivity index (χ2v) is 8.66. The molecule has 2 aromatic rings.